The summed E-state index contributed by atoms with van der Waals surface area (Å²) in [6, 6.07) is 11.1. The van der Waals surface area contributed by atoms with Crippen molar-refractivity contribution in [1.29, 1.82) is 0 Å². The Kier molecular flexibility index (Phi) is 6.05. The molecule has 0 aromatic heterocycles. The van der Waals surface area contributed by atoms with Crippen LogP contribution in [0.2, 0.25) is 0 Å². The van der Waals surface area contributed by atoms with Crippen molar-refractivity contribution in [3.63, 3.8) is 0 Å². The van der Waals surface area contributed by atoms with Crippen LogP contribution < -0.4 is 0 Å². The Bertz CT molecular complexity index is 336. The summed E-state index contributed by atoms with van der Waals surface area (Å²) in [5, 5.41) is 0. The minimum Gasteiger partial charge on any atom is -0.0885 e. The van der Waals surface area contributed by atoms with E-state index < -0.39 is 0 Å². The first-order valence-corrected chi connectivity index (χ1v) is 7.67. The second-order valence-electron chi connectivity index (χ2n) is 5.50. The van der Waals surface area contributed by atoms with Crippen LogP contribution in [0, 0.1) is 0 Å². The molecule has 0 heterocycles. The van der Waals surface area contributed by atoms with E-state index in [-0.39, 0.29) is 0 Å². The average Bonchev–Trinajstić information content (AvgIpc) is 2.40. The second kappa shape index (κ2) is 8.13. The summed E-state index contributed by atoms with van der Waals surface area (Å²) < 4.78 is 0. The van der Waals surface area contributed by atoms with Crippen molar-refractivity contribution in [2.75, 3.05) is 0 Å². The van der Waals surface area contributed by atoms with Crippen LogP contribution in [-0.2, 0) is 0 Å². The Morgan fingerprint density at radius 1 is 0.667 bits per heavy atom. The maximum absolute atomic E-state index is 2.39. The van der Waals surface area contributed by atoms with Crippen LogP contribution in [-0.4, -0.2) is 0 Å². The van der Waals surface area contributed by atoms with E-state index in [1.54, 1.807) is 5.56 Å². The molecule has 0 radical (unpaired) electrons. The third-order valence-electron chi connectivity index (χ3n) is 4.03. The van der Waals surface area contributed by atoms with Crippen molar-refractivity contribution in [3.05, 3.63) is 48.0 Å². The predicted molar refractivity (Wildman–Crippen MR) is 79.9 cm³/mol. The largest absolute Gasteiger partial charge is 0.0885 e. The first-order valence-electron chi connectivity index (χ1n) is 7.67. The number of hydrogen-bond acceptors (Lipinski definition) is 0. The number of hydrogen-bond donors (Lipinski definition) is 0. The molecule has 0 N–H and O–H groups in total. The fourth-order valence-corrected chi connectivity index (χ4v) is 2.92. The Hall–Kier alpha value is -1.04. The van der Waals surface area contributed by atoms with Gasteiger partial charge < -0.3 is 0 Å². The van der Waals surface area contributed by atoms with Crippen molar-refractivity contribution in [2.24, 2.45) is 0 Å². The van der Waals surface area contributed by atoms with Crippen LogP contribution >= 0.6 is 0 Å². The summed E-state index contributed by atoms with van der Waals surface area (Å²) >= 11 is 0. The van der Waals surface area contributed by atoms with Gasteiger partial charge in [-0.3, -0.25) is 0 Å². The maximum atomic E-state index is 2.39. The molecule has 0 aliphatic heterocycles. The minimum absolute atomic E-state index is 0.801. The zero-order valence-corrected chi connectivity index (χ0v) is 11.5. The Labute approximate surface area is 112 Å². The van der Waals surface area contributed by atoms with Gasteiger partial charge in [-0.25, -0.2) is 0 Å². The Balaban J connectivity index is 1.93. The van der Waals surface area contributed by atoms with E-state index in [1.165, 1.54) is 57.8 Å². The van der Waals surface area contributed by atoms with Crippen molar-refractivity contribution < 1.29 is 0 Å². The number of benzene rings is 1. The number of rotatable bonds is 1. The molecule has 1 aromatic carbocycles. The average molecular weight is 242 g/mol. The van der Waals surface area contributed by atoms with Gasteiger partial charge in [0.25, 0.3) is 0 Å². The van der Waals surface area contributed by atoms with Gasteiger partial charge in [0.1, 0.15) is 0 Å². The quantitative estimate of drug-likeness (QED) is 0.542. The molecule has 2 rings (SSSR count). The summed E-state index contributed by atoms with van der Waals surface area (Å²) in [5.41, 5.74) is 1.56. The maximum Gasteiger partial charge on any atom is -0.0162 e. The molecule has 0 bridgehead atoms. The third-order valence-corrected chi connectivity index (χ3v) is 4.03. The fraction of sp³-hybridized carbons (Fsp3) is 0.556. The zero-order valence-electron chi connectivity index (χ0n) is 11.5. The molecule has 0 heteroatoms. The van der Waals surface area contributed by atoms with Crippen LogP contribution in [0.3, 0.4) is 0 Å². The molecule has 0 amide bonds. The molecular weight excluding hydrogens is 216 g/mol. The smallest absolute Gasteiger partial charge is 0.0162 e. The second-order valence-corrected chi connectivity index (χ2v) is 5.50. The highest BCUT2D eigenvalue weighted by molar-refractivity contribution is 5.19. The van der Waals surface area contributed by atoms with E-state index in [2.05, 4.69) is 42.5 Å². The van der Waals surface area contributed by atoms with Gasteiger partial charge in [-0.15, -0.1) is 0 Å². The molecular formula is C18H26. The highest BCUT2D eigenvalue weighted by Crippen LogP contribution is 2.28. The van der Waals surface area contributed by atoms with Crippen LogP contribution in [0.4, 0.5) is 0 Å². The lowest BCUT2D eigenvalue weighted by atomic mass is 9.88. The SMILES string of the molecule is C1=CCCCCC(c2ccccc2)CCCCC1. The van der Waals surface area contributed by atoms with E-state index in [0.717, 1.165) is 5.92 Å². The van der Waals surface area contributed by atoms with Crippen molar-refractivity contribution in [1.82, 2.24) is 0 Å². The lowest BCUT2D eigenvalue weighted by Gasteiger charge is -2.17. The highest BCUT2D eigenvalue weighted by atomic mass is 14.2. The first-order chi connectivity index (χ1) is 8.97. The Morgan fingerprint density at radius 3 is 2.00 bits per heavy atom. The molecule has 0 saturated carbocycles. The van der Waals surface area contributed by atoms with Crippen LogP contribution in [0.1, 0.15) is 69.3 Å². The molecule has 1 aromatic rings. The van der Waals surface area contributed by atoms with Crippen LogP contribution in [0.25, 0.3) is 0 Å². The van der Waals surface area contributed by atoms with E-state index in [1.807, 2.05) is 0 Å². The van der Waals surface area contributed by atoms with Gasteiger partial charge in [0.05, 0.1) is 0 Å². The first kappa shape index (κ1) is 13.4. The van der Waals surface area contributed by atoms with E-state index in [9.17, 15) is 0 Å². The normalized spacial score (nSPS) is 23.0. The highest BCUT2D eigenvalue weighted by Gasteiger charge is 2.10. The van der Waals surface area contributed by atoms with Gasteiger partial charge >= 0.3 is 0 Å². The monoisotopic (exact) mass is 242 g/mol. The van der Waals surface area contributed by atoms with E-state index >= 15 is 0 Å². The van der Waals surface area contributed by atoms with Crippen molar-refractivity contribution in [2.45, 2.75) is 63.7 Å². The van der Waals surface area contributed by atoms with Crippen LogP contribution in [0.5, 0.6) is 0 Å². The van der Waals surface area contributed by atoms with E-state index in [0.29, 0.717) is 0 Å². The molecule has 1 aliphatic carbocycles. The molecule has 1 aliphatic rings. The van der Waals surface area contributed by atoms with E-state index in [4.69, 9.17) is 0 Å². The summed E-state index contributed by atoms with van der Waals surface area (Å²) in [7, 11) is 0. The molecule has 1 unspecified atom stereocenters. The molecule has 18 heavy (non-hydrogen) atoms. The van der Waals surface area contributed by atoms with Crippen LogP contribution in [0.15, 0.2) is 42.5 Å². The van der Waals surface area contributed by atoms with Gasteiger partial charge in [-0.05, 0) is 50.0 Å². The molecule has 98 valence electrons. The van der Waals surface area contributed by atoms with Crippen molar-refractivity contribution in [3.8, 4) is 0 Å². The topological polar surface area (TPSA) is 0 Å². The summed E-state index contributed by atoms with van der Waals surface area (Å²) in [6.07, 6.45) is 17.0. The molecule has 1 atom stereocenters. The standard InChI is InChI=1S/C18H26/c1-2-4-6-9-13-17(14-10-7-5-3-1)18-15-11-8-12-16-18/h1-2,8,11-12,15-17H,3-7,9-10,13-14H2. The molecule has 0 nitrogen and oxygen atoms in total. The fourth-order valence-electron chi connectivity index (χ4n) is 2.92. The molecule has 0 saturated heterocycles. The van der Waals surface area contributed by atoms with Gasteiger partial charge in [-0.2, -0.15) is 0 Å². The predicted octanol–water partition coefficient (Wildman–Crippen LogP) is 5.85. The minimum atomic E-state index is 0.801. The van der Waals surface area contributed by atoms with Gasteiger partial charge in [0, 0.05) is 0 Å². The lowest BCUT2D eigenvalue weighted by Crippen LogP contribution is -1.99. The molecule has 0 spiro atoms. The van der Waals surface area contributed by atoms with Crippen molar-refractivity contribution >= 4 is 0 Å². The summed E-state index contributed by atoms with van der Waals surface area (Å²) in [5.74, 6) is 0.801. The summed E-state index contributed by atoms with van der Waals surface area (Å²) in [6.45, 7) is 0. The van der Waals surface area contributed by atoms with Gasteiger partial charge in [0.15, 0.2) is 0 Å². The number of allylic oxidation sites excluding steroid dienone is 2. The Morgan fingerprint density at radius 2 is 1.28 bits per heavy atom. The zero-order chi connectivity index (χ0) is 12.5. The third kappa shape index (κ3) is 4.68. The molecule has 0 fully saturated rings. The van der Waals surface area contributed by atoms with Gasteiger partial charge in [-0.1, -0.05) is 61.7 Å². The lowest BCUT2D eigenvalue weighted by molar-refractivity contribution is 0.504. The van der Waals surface area contributed by atoms with Gasteiger partial charge in [0.2, 0.25) is 0 Å². The summed E-state index contributed by atoms with van der Waals surface area (Å²) in [4.78, 5) is 0.